The van der Waals surface area contributed by atoms with Crippen LogP contribution in [0.1, 0.15) is 6.92 Å². The van der Waals surface area contributed by atoms with E-state index in [0.717, 1.165) is 11.1 Å². The second-order valence-electron chi connectivity index (χ2n) is 1.33. The molecular formula is C4H11IN2. The van der Waals surface area contributed by atoms with Crippen LogP contribution < -0.4 is 5.43 Å². The molecule has 3 heteroatoms. The smallest absolute Gasteiger partial charge is 0.0646 e. The van der Waals surface area contributed by atoms with Crippen molar-refractivity contribution in [2.45, 2.75) is 6.92 Å². The highest BCUT2D eigenvalue weighted by molar-refractivity contribution is 14.1. The first-order valence-corrected chi connectivity index (χ1v) is 3.84. The molecule has 7 heavy (non-hydrogen) atoms. The van der Waals surface area contributed by atoms with E-state index < -0.39 is 0 Å². The van der Waals surface area contributed by atoms with E-state index in [0.29, 0.717) is 0 Å². The maximum absolute atomic E-state index is 3.12. The third-order valence-electron chi connectivity index (χ3n) is 0.607. The highest BCUT2D eigenvalue weighted by Crippen LogP contribution is 1.81. The van der Waals surface area contributed by atoms with Gasteiger partial charge in [0.1, 0.15) is 0 Å². The number of hydrogen-bond donors (Lipinski definition) is 1. The third-order valence-corrected chi connectivity index (χ3v) is 1.63. The fourth-order valence-corrected chi connectivity index (χ4v) is 0.553. The number of rotatable bonds is 3. The largest absolute Gasteiger partial charge is 0.255 e. The molecule has 0 amide bonds. The van der Waals surface area contributed by atoms with Crippen molar-refractivity contribution < 1.29 is 0 Å². The Morgan fingerprint density at radius 1 is 1.71 bits per heavy atom. The fourth-order valence-electron chi connectivity index (χ4n) is 0.312. The summed E-state index contributed by atoms with van der Waals surface area (Å²) in [6, 6.07) is 0. The van der Waals surface area contributed by atoms with Gasteiger partial charge in [0, 0.05) is 13.6 Å². The minimum Gasteiger partial charge on any atom is -0.255 e. The van der Waals surface area contributed by atoms with Crippen molar-refractivity contribution in [1.29, 1.82) is 0 Å². The Labute approximate surface area is 58.4 Å². The summed E-state index contributed by atoms with van der Waals surface area (Å²) in [6.45, 7) is 3.10. The molecule has 0 atom stereocenters. The molecule has 0 aromatic rings. The second kappa shape index (κ2) is 4.80. The Balaban J connectivity index is 2.83. The maximum atomic E-state index is 3.12. The summed E-state index contributed by atoms with van der Waals surface area (Å²) in [7, 11) is 2.02. The van der Waals surface area contributed by atoms with Gasteiger partial charge in [-0.15, -0.1) is 0 Å². The van der Waals surface area contributed by atoms with Crippen molar-refractivity contribution >= 4 is 22.6 Å². The topological polar surface area (TPSA) is 15.3 Å². The molecule has 0 radical (unpaired) electrons. The third kappa shape index (κ3) is 4.50. The molecule has 2 nitrogen and oxygen atoms in total. The van der Waals surface area contributed by atoms with Crippen LogP contribution in [0, 0.1) is 0 Å². The Morgan fingerprint density at radius 2 is 2.29 bits per heavy atom. The summed E-state index contributed by atoms with van der Waals surface area (Å²) in [4.78, 5) is 0. The van der Waals surface area contributed by atoms with Crippen molar-refractivity contribution in [3.63, 3.8) is 0 Å². The molecule has 0 fully saturated rings. The van der Waals surface area contributed by atoms with E-state index in [-0.39, 0.29) is 0 Å². The molecule has 0 bridgehead atoms. The molecule has 0 unspecified atom stereocenters. The van der Waals surface area contributed by atoms with Gasteiger partial charge in [0.05, 0.1) is 4.55 Å². The zero-order valence-corrected chi connectivity index (χ0v) is 6.90. The normalized spacial score (nSPS) is 10.3. The molecule has 0 heterocycles. The minimum absolute atomic E-state index is 1.01. The molecule has 0 saturated carbocycles. The van der Waals surface area contributed by atoms with Crippen LogP contribution >= 0.6 is 22.6 Å². The Kier molecular flexibility index (Phi) is 5.25. The van der Waals surface area contributed by atoms with Crippen LogP contribution in [0.25, 0.3) is 0 Å². The highest BCUT2D eigenvalue weighted by atomic mass is 127. The van der Waals surface area contributed by atoms with Crippen LogP contribution in [-0.4, -0.2) is 23.2 Å². The van der Waals surface area contributed by atoms with Crippen molar-refractivity contribution in [3.8, 4) is 0 Å². The van der Waals surface area contributed by atoms with E-state index in [9.17, 15) is 0 Å². The average Bonchev–Trinajstić information content (AvgIpc) is 1.68. The van der Waals surface area contributed by atoms with Gasteiger partial charge in [-0.05, 0) is 0 Å². The molecule has 0 aromatic carbocycles. The van der Waals surface area contributed by atoms with Gasteiger partial charge >= 0.3 is 0 Å². The summed E-state index contributed by atoms with van der Waals surface area (Å²) in [5, 5.41) is 2.04. The van der Waals surface area contributed by atoms with Crippen molar-refractivity contribution in [2.75, 3.05) is 18.1 Å². The van der Waals surface area contributed by atoms with Gasteiger partial charge in [-0.2, -0.15) is 0 Å². The summed E-state index contributed by atoms with van der Waals surface area (Å²) >= 11 is 2.30. The fraction of sp³-hybridized carbons (Fsp3) is 1.00. The van der Waals surface area contributed by atoms with Crippen LogP contribution in [0.3, 0.4) is 0 Å². The van der Waals surface area contributed by atoms with E-state index in [1.807, 2.05) is 12.1 Å². The Morgan fingerprint density at radius 3 is 2.43 bits per heavy atom. The molecule has 0 aromatic heterocycles. The van der Waals surface area contributed by atoms with E-state index in [1.54, 1.807) is 0 Å². The number of nitrogens with one attached hydrogen (secondary N) is 1. The summed E-state index contributed by atoms with van der Waals surface area (Å²) in [5.41, 5.74) is 3.12. The zero-order chi connectivity index (χ0) is 5.70. The number of hydrogen-bond acceptors (Lipinski definition) is 2. The Hall–Kier alpha value is 0.650. The van der Waals surface area contributed by atoms with Crippen molar-refractivity contribution in [3.05, 3.63) is 0 Å². The minimum atomic E-state index is 1.01. The lowest BCUT2D eigenvalue weighted by Crippen LogP contribution is -2.32. The molecule has 0 aliphatic carbocycles. The van der Waals surface area contributed by atoms with Crippen LogP contribution in [-0.2, 0) is 0 Å². The van der Waals surface area contributed by atoms with Gasteiger partial charge in [0.15, 0.2) is 0 Å². The van der Waals surface area contributed by atoms with E-state index in [4.69, 9.17) is 0 Å². The summed E-state index contributed by atoms with van der Waals surface area (Å²) in [6.07, 6.45) is 0. The van der Waals surface area contributed by atoms with Crippen LogP contribution in [0.2, 0.25) is 0 Å². The number of nitrogens with zero attached hydrogens (tertiary/aromatic N) is 1. The van der Waals surface area contributed by atoms with Crippen LogP contribution in [0.5, 0.6) is 0 Å². The number of halogens is 1. The molecule has 0 saturated heterocycles. The Bertz CT molecular complexity index is 40.7. The second-order valence-corrected chi connectivity index (χ2v) is 2.01. The monoisotopic (exact) mass is 214 g/mol. The lowest BCUT2D eigenvalue weighted by Gasteiger charge is -2.11. The van der Waals surface area contributed by atoms with Gasteiger partial charge in [-0.1, -0.05) is 29.5 Å². The van der Waals surface area contributed by atoms with E-state index in [2.05, 4.69) is 34.9 Å². The average molecular weight is 214 g/mol. The number of hydrazine groups is 1. The maximum Gasteiger partial charge on any atom is 0.0646 e. The molecule has 44 valence electrons. The van der Waals surface area contributed by atoms with E-state index in [1.165, 1.54) is 0 Å². The van der Waals surface area contributed by atoms with Gasteiger partial charge in [-0.3, -0.25) is 5.43 Å². The molecule has 0 rings (SSSR count). The lowest BCUT2D eigenvalue weighted by atomic mass is 10.8. The molecule has 0 spiro atoms. The highest BCUT2D eigenvalue weighted by Gasteiger charge is 1.85. The first-order valence-electron chi connectivity index (χ1n) is 2.31. The predicted molar refractivity (Wildman–Crippen MR) is 40.3 cm³/mol. The van der Waals surface area contributed by atoms with Crippen LogP contribution in [0.15, 0.2) is 0 Å². The predicted octanol–water partition coefficient (Wildman–Crippen LogP) is 0.835. The van der Waals surface area contributed by atoms with Crippen LogP contribution in [0.4, 0.5) is 0 Å². The summed E-state index contributed by atoms with van der Waals surface area (Å²) in [5.74, 6) is 0. The standard InChI is InChI=1S/C4H11IN2/c1-3-6-7(2)4-5/h6H,3-4H2,1-2H3. The lowest BCUT2D eigenvalue weighted by molar-refractivity contribution is 0.292. The SMILES string of the molecule is CCNN(C)CI. The first kappa shape index (κ1) is 7.65. The van der Waals surface area contributed by atoms with Crippen molar-refractivity contribution in [1.82, 2.24) is 10.4 Å². The molecular weight excluding hydrogens is 203 g/mol. The molecule has 0 aliphatic rings. The van der Waals surface area contributed by atoms with E-state index >= 15 is 0 Å². The van der Waals surface area contributed by atoms with Gasteiger partial charge in [0.2, 0.25) is 0 Å². The van der Waals surface area contributed by atoms with Crippen molar-refractivity contribution in [2.24, 2.45) is 0 Å². The zero-order valence-electron chi connectivity index (χ0n) is 4.74. The number of alkyl halides is 1. The van der Waals surface area contributed by atoms with Gasteiger partial charge in [0.25, 0.3) is 0 Å². The van der Waals surface area contributed by atoms with Gasteiger partial charge in [-0.25, -0.2) is 5.01 Å². The molecule has 0 aliphatic heterocycles. The summed E-state index contributed by atoms with van der Waals surface area (Å²) < 4.78 is 1.03. The first-order chi connectivity index (χ1) is 3.31. The quantitative estimate of drug-likeness (QED) is 0.324. The molecule has 1 N–H and O–H groups in total. The van der Waals surface area contributed by atoms with Gasteiger partial charge < -0.3 is 0 Å².